The molecule has 0 saturated heterocycles. The van der Waals surface area contributed by atoms with Crippen LogP contribution in [0.4, 0.5) is 0 Å². The van der Waals surface area contributed by atoms with Gasteiger partial charge in [-0.05, 0) is 30.3 Å². The Kier molecular flexibility index (Phi) is 5.38. The lowest BCUT2D eigenvalue weighted by atomic mass is 10.2. The van der Waals surface area contributed by atoms with Gasteiger partial charge < -0.3 is 14.8 Å². The van der Waals surface area contributed by atoms with Crippen LogP contribution in [0.1, 0.15) is 18.2 Å². The Labute approximate surface area is 119 Å². The second-order valence-corrected chi connectivity index (χ2v) is 4.39. The molecule has 2 rings (SSSR count). The largest absolute Gasteiger partial charge is 0.487 e. The van der Waals surface area contributed by atoms with Gasteiger partial charge in [-0.25, -0.2) is 4.98 Å². The first-order valence-corrected chi connectivity index (χ1v) is 6.74. The molecule has 20 heavy (non-hydrogen) atoms. The number of aromatic nitrogens is 1. The van der Waals surface area contributed by atoms with Gasteiger partial charge in [0.05, 0.1) is 12.8 Å². The van der Waals surface area contributed by atoms with E-state index in [4.69, 9.17) is 9.47 Å². The minimum Gasteiger partial charge on any atom is -0.487 e. The van der Waals surface area contributed by atoms with Crippen molar-refractivity contribution in [1.82, 2.24) is 10.3 Å². The van der Waals surface area contributed by atoms with Gasteiger partial charge in [0.15, 0.2) is 0 Å². The summed E-state index contributed by atoms with van der Waals surface area (Å²) in [6, 6.07) is 13.7. The van der Waals surface area contributed by atoms with Crippen LogP contribution in [0, 0.1) is 0 Å². The second kappa shape index (κ2) is 7.50. The second-order valence-electron chi connectivity index (χ2n) is 4.39. The third-order valence-corrected chi connectivity index (χ3v) is 2.85. The van der Waals surface area contributed by atoms with Crippen molar-refractivity contribution >= 4 is 0 Å². The first-order chi connectivity index (χ1) is 9.81. The normalized spacial score (nSPS) is 10.3. The van der Waals surface area contributed by atoms with Crippen LogP contribution < -0.4 is 14.8 Å². The average Bonchev–Trinajstić information content (AvgIpc) is 2.51. The fraction of sp³-hybridized carbons (Fsp3) is 0.312. The maximum atomic E-state index is 5.77. The number of hydrogen-bond acceptors (Lipinski definition) is 4. The number of rotatable bonds is 7. The molecular formula is C16H20N2O2. The molecule has 1 heterocycles. The Hall–Kier alpha value is -2.07. The standard InChI is InChI=1S/C16H20N2O2/c1-3-17-11-13-6-4-8-15(10-13)20-12-14-7-5-9-16(18-14)19-2/h4-10,17H,3,11-12H2,1-2H3. The van der Waals surface area contributed by atoms with Crippen LogP contribution in [-0.4, -0.2) is 18.6 Å². The molecule has 0 aliphatic rings. The van der Waals surface area contributed by atoms with Crippen molar-refractivity contribution in [2.75, 3.05) is 13.7 Å². The van der Waals surface area contributed by atoms with Crippen LogP contribution in [0.15, 0.2) is 42.5 Å². The Morgan fingerprint density at radius 2 is 2.00 bits per heavy atom. The van der Waals surface area contributed by atoms with E-state index in [1.165, 1.54) is 5.56 Å². The summed E-state index contributed by atoms with van der Waals surface area (Å²) in [5, 5.41) is 3.30. The summed E-state index contributed by atoms with van der Waals surface area (Å²) < 4.78 is 10.9. The molecule has 0 spiro atoms. The molecule has 0 atom stereocenters. The fourth-order valence-corrected chi connectivity index (χ4v) is 1.82. The number of ether oxygens (including phenoxy) is 2. The lowest BCUT2D eigenvalue weighted by molar-refractivity contribution is 0.297. The maximum Gasteiger partial charge on any atom is 0.213 e. The van der Waals surface area contributed by atoms with Crippen molar-refractivity contribution in [3.63, 3.8) is 0 Å². The summed E-state index contributed by atoms with van der Waals surface area (Å²) in [7, 11) is 1.61. The van der Waals surface area contributed by atoms with Gasteiger partial charge in [-0.15, -0.1) is 0 Å². The topological polar surface area (TPSA) is 43.4 Å². The molecule has 0 fully saturated rings. The van der Waals surface area contributed by atoms with Crippen molar-refractivity contribution in [3.05, 3.63) is 53.7 Å². The number of benzene rings is 1. The van der Waals surface area contributed by atoms with Crippen molar-refractivity contribution in [1.29, 1.82) is 0 Å². The van der Waals surface area contributed by atoms with Gasteiger partial charge in [0.25, 0.3) is 0 Å². The highest BCUT2D eigenvalue weighted by Gasteiger charge is 2.00. The van der Waals surface area contributed by atoms with E-state index in [9.17, 15) is 0 Å². The maximum absolute atomic E-state index is 5.77. The van der Waals surface area contributed by atoms with Crippen LogP contribution in [-0.2, 0) is 13.2 Å². The van der Waals surface area contributed by atoms with Crippen LogP contribution in [0.5, 0.6) is 11.6 Å². The van der Waals surface area contributed by atoms with E-state index < -0.39 is 0 Å². The zero-order chi connectivity index (χ0) is 14.2. The number of nitrogens with zero attached hydrogens (tertiary/aromatic N) is 1. The minimum atomic E-state index is 0.432. The predicted octanol–water partition coefficient (Wildman–Crippen LogP) is 2.78. The van der Waals surface area contributed by atoms with Crippen LogP contribution >= 0.6 is 0 Å². The molecule has 0 saturated carbocycles. The lowest BCUT2D eigenvalue weighted by Crippen LogP contribution is -2.11. The molecule has 0 unspecified atom stereocenters. The number of pyridine rings is 1. The highest BCUT2D eigenvalue weighted by atomic mass is 16.5. The van der Waals surface area contributed by atoms with E-state index in [0.717, 1.165) is 24.5 Å². The van der Waals surface area contributed by atoms with Gasteiger partial charge in [-0.2, -0.15) is 0 Å². The summed E-state index contributed by atoms with van der Waals surface area (Å²) >= 11 is 0. The van der Waals surface area contributed by atoms with Gasteiger partial charge in [-0.1, -0.05) is 25.1 Å². The van der Waals surface area contributed by atoms with Crippen LogP contribution in [0.2, 0.25) is 0 Å². The highest BCUT2D eigenvalue weighted by molar-refractivity contribution is 5.28. The molecule has 4 nitrogen and oxygen atoms in total. The molecule has 0 aliphatic heterocycles. The first kappa shape index (κ1) is 14.3. The quantitative estimate of drug-likeness (QED) is 0.841. The first-order valence-electron chi connectivity index (χ1n) is 6.74. The molecule has 0 bridgehead atoms. The molecule has 106 valence electrons. The molecular weight excluding hydrogens is 252 g/mol. The summed E-state index contributed by atoms with van der Waals surface area (Å²) in [6.07, 6.45) is 0. The van der Waals surface area contributed by atoms with Crippen molar-refractivity contribution < 1.29 is 9.47 Å². The van der Waals surface area contributed by atoms with E-state index in [-0.39, 0.29) is 0 Å². The Bertz CT molecular complexity index is 544. The number of methoxy groups -OCH3 is 1. The third kappa shape index (κ3) is 4.24. The highest BCUT2D eigenvalue weighted by Crippen LogP contribution is 2.15. The zero-order valence-corrected chi connectivity index (χ0v) is 11.9. The fourth-order valence-electron chi connectivity index (χ4n) is 1.82. The molecule has 4 heteroatoms. The van der Waals surface area contributed by atoms with Crippen LogP contribution in [0.3, 0.4) is 0 Å². The van der Waals surface area contributed by atoms with Crippen molar-refractivity contribution in [2.45, 2.75) is 20.1 Å². The van der Waals surface area contributed by atoms with Crippen molar-refractivity contribution in [2.24, 2.45) is 0 Å². The van der Waals surface area contributed by atoms with E-state index in [2.05, 4.69) is 23.3 Å². The van der Waals surface area contributed by atoms with Gasteiger partial charge >= 0.3 is 0 Å². The average molecular weight is 272 g/mol. The molecule has 0 radical (unpaired) electrons. The SMILES string of the molecule is CCNCc1cccc(OCc2cccc(OC)n2)c1. The third-order valence-electron chi connectivity index (χ3n) is 2.85. The summed E-state index contributed by atoms with van der Waals surface area (Å²) in [5.41, 5.74) is 2.06. The molecule has 1 aromatic carbocycles. The van der Waals surface area contributed by atoms with Gasteiger partial charge in [0.2, 0.25) is 5.88 Å². The number of nitrogens with one attached hydrogen (secondary N) is 1. The summed E-state index contributed by atoms with van der Waals surface area (Å²) in [4.78, 5) is 4.32. The molecule has 1 aromatic heterocycles. The lowest BCUT2D eigenvalue weighted by Gasteiger charge is -2.08. The summed E-state index contributed by atoms with van der Waals surface area (Å²) in [6.45, 7) is 4.33. The predicted molar refractivity (Wildman–Crippen MR) is 78.9 cm³/mol. The van der Waals surface area contributed by atoms with Crippen molar-refractivity contribution in [3.8, 4) is 11.6 Å². The van der Waals surface area contributed by atoms with E-state index in [1.807, 2.05) is 36.4 Å². The molecule has 0 amide bonds. The van der Waals surface area contributed by atoms with Gasteiger partial charge in [0.1, 0.15) is 12.4 Å². The minimum absolute atomic E-state index is 0.432. The van der Waals surface area contributed by atoms with E-state index in [1.54, 1.807) is 7.11 Å². The van der Waals surface area contributed by atoms with Gasteiger partial charge in [0, 0.05) is 12.6 Å². The smallest absolute Gasteiger partial charge is 0.213 e. The molecule has 2 aromatic rings. The molecule has 1 N–H and O–H groups in total. The summed E-state index contributed by atoms with van der Waals surface area (Å²) in [5.74, 6) is 1.46. The molecule has 0 aliphatic carbocycles. The monoisotopic (exact) mass is 272 g/mol. The zero-order valence-electron chi connectivity index (χ0n) is 11.9. The van der Waals surface area contributed by atoms with Crippen LogP contribution in [0.25, 0.3) is 0 Å². The van der Waals surface area contributed by atoms with E-state index in [0.29, 0.717) is 12.5 Å². The Balaban J connectivity index is 1.95. The number of hydrogen-bond donors (Lipinski definition) is 1. The van der Waals surface area contributed by atoms with Gasteiger partial charge in [-0.3, -0.25) is 0 Å². The Morgan fingerprint density at radius 3 is 2.80 bits per heavy atom. The Morgan fingerprint density at radius 1 is 1.15 bits per heavy atom. The van der Waals surface area contributed by atoms with E-state index >= 15 is 0 Å².